The monoisotopic (exact) mass is 268 g/mol. The van der Waals surface area contributed by atoms with E-state index in [0.29, 0.717) is 6.04 Å². The van der Waals surface area contributed by atoms with Crippen molar-refractivity contribution in [2.45, 2.75) is 64.6 Å². The highest BCUT2D eigenvalue weighted by molar-refractivity contribution is 7.12. The van der Waals surface area contributed by atoms with Gasteiger partial charge in [0, 0.05) is 18.0 Å². The molecule has 0 radical (unpaired) electrons. The zero-order valence-electron chi connectivity index (χ0n) is 12.0. The Balaban J connectivity index is 2.32. The van der Waals surface area contributed by atoms with E-state index in [-0.39, 0.29) is 11.6 Å². The van der Waals surface area contributed by atoms with Crippen LogP contribution < -0.4 is 5.32 Å². The molecule has 4 heteroatoms. The largest absolute Gasteiger partial charge is 0.379 e. The lowest BCUT2D eigenvalue weighted by Crippen LogP contribution is -2.51. The van der Waals surface area contributed by atoms with Crippen molar-refractivity contribution < 1.29 is 4.74 Å². The molecule has 1 heterocycles. The van der Waals surface area contributed by atoms with Gasteiger partial charge in [-0.2, -0.15) is 0 Å². The Labute approximate surface area is 114 Å². The zero-order chi connectivity index (χ0) is 13.3. The van der Waals surface area contributed by atoms with Gasteiger partial charge in [-0.25, -0.2) is 4.98 Å². The van der Waals surface area contributed by atoms with Crippen LogP contribution in [0.25, 0.3) is 0 Å². The van der Waals surface area contributed by atoms with E-state index >= 15 is 0 Å². The Bertz CT molecular complexity index is 394. The first-order valence-electron chi connectivity index (χ1n) is 6.77. The number of aryl methyl sites for hydroxylation is 2. The third-order valence-corrected chi connectivity index (χ3v) is 5.19. The maximum Gasteiger partial charge on any atom is 0.116 e. The van der Waals surface area contributed by atoms with Crippen molar-refractivity contribution in [3.8, 4) is 0 Å². The van der Waals surface area contributed by atoms with Gasteiger partial charge in [-0.3, -0.25) is 0 Å². The second-order valence-electron chi connectivity index (χ2n) is 5.62. The van der Waals surface area contributed by atoms with E-state index in [4.69, 9.17) is 9.72 Å². The average molecular weight is 268 g/mol. The van der Waals surface area contributed by atoms with Crippen LogP contribution in [0.3, 0.4) is 0 Å². The fourth-order valence-corrected chi connectivity index (χ4v) is 3.94. The summed E-state index contributed by atoms with van der Waals surface area (Å²) in [6.45, 7) is 8.65. The Kier molecular flexibility index (Phi) is 4.09. The zero-order valence-corrected chi connectivity index (χ0v) is 12.9. The smallest absolute Gasteiger partial charge is 0.116 e. The van der Waals surface area contributed by atoms with Gasteiger partial charge in [-0.05, 0) is 47.0 Å². The highest BCUT2D eigenvalue weighted by atomic mass is 32.1. The van der Waals surface area contributed by atoms with E-state index in [2.05, 4.69) is 33.0 Å². The number of aromatic nitrogens is 1. The van der Waals surface area contributed by atoms with E-state index < -0.39 is 0 Å². The van der Waals surface area contributed by atoms with Crippen molar-refractivity contribution in [1.29, 1.82) is 0 Å². The van der Waals surface area contributed by atoms with E-state index in [1.54, 1.807) is 7.11 Å². The van der Waals surface area contributed by atoms with Crippen LogP contribution in [0.1, 0.15) is 49.7 Å². The molecule has 0 saturated heterocycles. The third kappa shape index (κ3) is 2.46. The molecule has 2 atom stereocenters. The molecule has 0 bridgehead atoms. The predicted molar refractivity (Wildman–Crippen MR) is 76.2 cm³/mol. The molecule has 18 heavy (non-hydrogen) atoms. The van der Waals surface area contributed by atoms with Crippen molar-refractivity contribution in [1.82, 2.24) is 10.3 Å². The molecule has 0 spiro atoms. The molecule has 1 aliphatic rings. The van der Waals surface area contributed by atoms with Gasteiger partial charge >= 0.3 is 0 Å². The molecule has 2 unspecified atom stereocenters. The van der Waals surface area contributed by atoms with E-state index in [9.17, 15) is 0 Å². The summed E-state index contributed by atoms with van der Waals surface area (Å²) in [5, 5.41) is 4.81. The molecule has 1 aliphatic carbocycles. The Morgan fingerprint density at radius 3 is 2.61 bits per heavy atom. The summed E-state index contributed by atoms with van der Waals surface area (Å²) in [6, 6.07) is 0.409. The standard InChI is InChI=1S/C14H24N2OS/c1-9(2)16-14(4,10(3)17-5)13-15-11-7-6-8-12(11)18-13/h9-10,16H,6-8H2,1-5H3. The quantitative estimate of drug-likeness (QED) is 0.891. The predicted octanol–water partition coefficient (Wildman–Crippen LogP) is 2.88. The van der Waals surface area contributed by atoms with Gasteiger partial charge in [0.05, 0.1) is 17.3 Å². The highest BCUT2D eigenvalue weighted by Gasteiger charge is 2.38. The van der Waals surface area contributed by atoms with Gasteiger partial charge in [-0.1, -0.05) is 0 Å². The molecular weight excluding hydrogens is 244 g/mol. The first kappa shape index (κ1) is 14.0. The number of hydrogen-bond acceptors (Lipinski definition) is 4. The number of methoxy groups -OCH3 is 1. The first-order chi connectivity index (χ1) is 8.47. The van der Waals surface area contributed by atoms with Gasteiger partial charge in [0.15, 0.2) is 0 Å². The Morgan fingerprint density at radius 1 is 1.33 bits per heavy atom. The van der Waals surface area contributed by atoms with Crippen molar-refractivity contribution in [3.05, 3.63) is 15.6 Å². The molecule has 3 nitrogen and oxygen atoms in total. The SMILES string of the molecule is COC(C)C(C)(NC(C)C)c1nc2c(s1)CCC2. The van der Waals surface area contributed by atoms with E-state index in [1.165, 1.54) is 28.4 Å². The van der Waals surface area contributed by atoms with Gasteiger partial charge < -0.3 is 10.1 Å². The summed E-state index contributed by atoms with van der Waals surface area (Å²) < 4.78 is 5.58. The first-order valence-corrected chi connectivity index (χ1v) is 7.58. The normalized spacial score (nSPS) is 19.9. The lowest BCUT2D eigenvalue weighted by molar-refractivity contribution is 0.0318. The minimum atomic E-state index is -0.197. The number of thiazole rings is 1. The number of nitrogens with one attached hydrogen (secondary N) is 1. The molecule has 0 aromatic carbocycles. The van der Waals surface area contributed by atoms with Gasteiger partial charge in [0.25, 0.3) is 0 Å². The molecular formula is C14H24N2OS. The van der Waals surface area contributed by atoms with Crippen molar-refractivity contribution in [2.75, 3.05) is 7.11 Å². The van der Waals surface area contributed by atoms with Crippen molar-refractivity contribution in [2.24, 2.45) is 0 Å². The van der Waals surface area contributed by atoms with Crippen LogP contribution in [0.2, 0.25) is 0 Å². The Hall–Kier alpha value is -0.450. The summed E-state index contributed by atoms with van der Waals surface area (Å²) in [4.78, 5) is 6.34. The number of fused-ring (bicyclic) bond motifs is 1. The fraction of sp³-hybridized carbons (Fsp3) is 0.786. The number of hydrogen-bond donors (Lipinski definition) is 1. The van der Waals surface area contributed by atoms with Gasteiger partial charge in [-0.15, -0.1) is 11.3 Å². The number of nitrogens with zero attached hydrogens (tertiary/aromatic N) is 1. The number of rotatable bonds is 5. The minimum Gasteiger partial charge on any atom is -0.379 e. The van der Waals surface area contributed by atoms with E-state index in [0.717, 1.165) is 6.42 Å². The van der Waals surface area contributed by atoms with Crippen LogP contribution in [0, 0.1) is 0 Å². The molecule has 0 amide bonds. The van der Waals surface area contributed by atoms with Crippen molar-refractivity contribution in [3.63, 3.8) is 0 Å². The van der Waals surface area contributed by atoms with Gasteiger partial charge in [0.2, 0.25) is 0 Å². The number of ether oxygens (including phenoxy) is 1. The average Bonchev–Trinajstić information content (AvgIpc) is 2.86. The summed E-state index contributed by atoms with van der Waals surface area (Å²) in [5.74, 6) is 0. The molecule has 1 N–H and O–H groups in total. The fourth-order valence-electron chi connectivity index (χ4n) is 2.60. The topological polar surface area (TPSA) is 34.1 Å². The molecule has 0 fully saturated rings. The molecule has 1 aromatic heterocycles. The van der Waals surface area contributed by atoms with E-state index in [1.807, 2.05) is 11.3 Å². The lowest BCUT2D eigenvalue weighted by Gasteiger charge is -2.36. The minimum absolute atomic E-state index is 0.103. The summed E-state index contributed by atoms with van der Waals surface area (Å²) in [7, 11) is 1.77. The maximum absolute atomic E-state index is 5.58. The molecule has 2 rings (SSSR count). The maximum atomic E-state index is 5.58. The second kappa shape index (κ2) is 5.27. The molecule has 0 saturated carbocycles. The van der Waals surface area contributed by atoms with Crippen LogP contribution in [-0.4, -0.2) is 24.2 Å². The Morgan fingerprint density at radius 2 is 2.06 bits per heavy atom. The molecule has 1 aromatic rings. The van der Waals surface area contributed by atoms with Crippen LogP contribution in [0.15, 0.2) is 0 Å². The van der Waals surface area contributed by atoms with Crippen molar-refractivity contribution >= 4 is 11.3 Å². The highest BCUT2D eigenvalue weighted by Crippen LogP contribution is 2.35. The van der Waals surface area contributed by atoms with Crippen LogP contribution in [0.5, 0.6) is 0 Å². The van der Waals surface area contributed by atoms with Crippen LogP contribution in [-0.2, 0) is 23.1 Å². The molecule has 0 aliphatic heterocycles. The third-order valence-electron chi connectivity index (χ3n) is 3.80. The molecule has 102 valence electrons. The van der Waals surface area contributed by atoms with Gasteiger partial charge in [0.1, 0.15) is 5.01 Å². The lowest BCUT2D eigenvalue weighted by atomic mass is 9.95. The van der Waals surface area contributed by atoms with Crippen LogP contribution in [0.4, 0.5) is 0 Å². The van der Waals surface area contributed by atoms with Crippen LogP contribution >= 0.6 is 11.3 Å². The second-order valence-corrected chi connectivity index (χ2v) is 6.71. The summed E-state index contributed by atoms with van der Waals surface area (Å²) in [6.07, 6.45) is 3.71. The summed E-state index contributed by atoms with van der Waals surface area (Å²) in [5.41, 5.74) is 1.12. The summed E-state index contributed by atoms with van der Waals surface area (Å²) >= 11 is 1.86.